The van der Waals surface area contributed by atoms with Crippen LogP contribution in [-0.2, 0) is 4.79 Å². The second-order valence-electron chi connectivity index (χ2n) is 6.42. The van der Waals surface area contributed by atoms with Crippen molar-refractivity contribution >= 4 is 63.2 Å². The summed E-state index contributed by atoms with van der Waals surface area (Å²) >= 11 is 13.8. The highest BCUT2D eigenvalue weighted by molar-refractivity contribution is 8.14. The SMILES string of the molecule is NC(=O)Nc1cc(F)ccc1SC1=NN2CNC(=O)C(c3c(Cl)cccc3Cl)=C2C=C1. The van der Waals surface area contributed by atoms with Gasteiger partial charge in [0.1, 0.15) is 17.5 Å². The Bertz CT molecular complexity index is 1180. The molecule has 0 aliphatic carbocycles. The highest BCUT2D eigenvalue weighted by Gasteiger charge is 2.30. The summed E-state index contributed by atoms with van der Waals surface area (Å²) in [6, 6.07) is 8.15. The normalized spacial score (nSPS) is 15.4. The van der Waals surface area contributed by atoms with Gasteiger partial charge in [0.05, 0.1) is 27.0 Å². The smallest absolute Gasteiger partial charge is 0.316 e. The average molecular weight is 478 g/mol. The van der Waals surface area contributed by atoms with Crippen LogP contribution < -0.4 is 16.4 Å². The number of urea groups is 1. The number of halogens is 3. The van der Waals surface area contributed by atoms with E-state index in [0.29, 0.717) is 36.8 Å². The molecule has 2 aromatic rings. The van der Waals surface area contributed by atoms with Crippen molar-refractivity contribution in [2.75, 3.05) is 12.0 Å². The molecule has 31 heavy (non-hydrogen) atoms. The van der Waals surface area contributed by atoms with Crippen LogP contribution in [0.3, 0.4) is 0 Å². The molecule has 0 saturated heterocycles. The molecule has 4 N–H and O–H groups in total. The van der Waals surface area contributed by atoms with E-state index >= 15 is 0 Å². The molecule has 158 valence electrons. The molecule has 2 aliphatic heterocycles. The molecular formula is C20H14Cl2FN5O2S. The Labute approximate surface area is 190 Å². The van der Waals surface area contributed by atoms with Crippen molar-refractivity contribution in [1.29, 1.82) is 0 Å². The lowest BCUT2D eigenvalue weighted by Gasteiger charge is -2.31. The number of allylic oxidation sites excluding steroid dienone is 1. The van der Waals surface area contributed by atoms with Crippen molar-refractivity contribution in [2.45, 2.75) is 4.90 Å². The summed E-state index contributed by atoms with van der Waals surface area (Å²) in [6.07, 6.45) is 3.44. The van der Waals surface area contributed by atoms with Crippen LogP contribution in [0.1, 0.15) is 5.56 Å². The number of benzene rings is 2. The van der Waals surface area contributed by atoms with E-state index in [0.717, 1.165) is 0 Å². The number of carbonyl (C=O) groups is 2. The third-order valence-electron chi connectivity index (χ3n) is 4.38. The van der Waals surface area contributed by atoms with Gasteiger partial charge < -0.3 is 16.4 Å². The Morgan fingerprint density at radius 1 is 1.23 bits per heavy atom. The van der Waals surface area contributed by atoms with E-state index in [4.69, 9.17) is 28.9 Å². The molecule has 2 heterocycles. The molecule has 0 fully saturated rings. The third kappa shape index (κ3) is 4.39. The number of thioether (sulfide) groups is 1. The van der Waals surface area contributed by atoms with Crippen LogP contribution in [0.2, 0.25) is 10.0 Å². The molecule has 0 spiro atoms. The van der Waals surface area contributed by atoms with Gasteiger partial charge in [-0.05, 0) is 42.5 Å². The van der Waals surface area contributed by atoms with Crippen LogP contribution in [-0.4, -0.2) is 28.7 Å². The number of fused-ring (bicyclic) bond motifs is 1. The molecule has 0 saturated carbocycles. The summed E-state index contributed by atoms with van der Waals surface area (Å²) in [5, 5.41) is 12.5. The summed E-state index contributed by atoms with van der Waals surface area (Å²) < 4.78 is 13.6. The summed E-state index contributed by atoms with van der Waals surface area (Å²) in [6.45, 7) is 0.143. The van der Waals surface area contributed by atoms with Crippen LogP contribution in [0, 0.1) is 5.82 Å². The average Bonchev–Trinajstić information content (AvgIpc) is 2.71. The highest BCUT2D eigenvalue weighted by Crippen LogP contribution is 2.38. The number of anilines is 1. The minimum atomic E-state index is -0.807. The number of nitrogens with two attached hydrogens (primary N) is 1. The predicted molar refractivity (Wildman–Crippen MR) is 120 cm³/mol. The van der Waals surface area contributed by atoms with E-state index < -0.39 is 11.8 Å². The van der Waals surface area contributed by atoms with Crippen LogP contribution in [0.4, 0.5) is 14.9 Å². The zero-order valence-electron chi connectivity index (χ0n) is 15.7. The summed E-state index contributed by atoms with van der Waals surface area (Å²) in [5.74, 6) is -0.830. The molecule has 11 heteroatoms. The van der Waals surface area contributed by atoms with Gasteiger partial charge in [-0.1, -0.05) is 41.0 Å². The monoisotopic (exact) mass is 477 g/mol. The van der Waals surface area contributed by atoms with Gasteiger partial charge in [0.2, 0.25) is 0 Å². The second-order valence-corrected chi connectivity index (χ2v) is 8.30. The van der Waals surface area contributed by atoms with Crippen LogP contribution in [0.5, 0.6) is 0 Å². The molecule has 4 rings (SSSR count). The lowest BCUT2D eigenvalue weighted by Crippen LogP contribution is -2.42. The van der Waals surface area contributed by atoms with Gasteiger partial charge in [0.25, 0.3) is 5.91 Å². The van der Waals surface area contributed by atoms with E-state index in [2.05, 4.69) is 15.7 Å². The Hall–Kier alpha value is -3.01. The first-order chi connectivity index (χ1) is 14.8. The van der Waals surface area contributed by atoms with E-state index in [1.807, 2.05) is 0 Å². The number of primary amides is 1. The maximum atomic E-state index is 13.6. The maximum Gasteiger partial charge on any atom is 0.316 e. The first kappa shape index (κ1) is 21.2. The molecule has 0 bridgehead atoms. The number of amides is 3. The molecule has 0 radical (unpaired) electrons. The molecule has 7 nitrogen and oxygen atoms in total. The minimum absolute atomic E-state index is 0.143. The number of nitrogens with zero attached hydrogens (tertiary/aromatic N) is 2. The Morgan fingerprint density at radius 2 is 1.97 bits per heavy atom. The predicted octanol–water partition coefficient (Wildman–Crippen LogP) is 4.40. The van der Waals surface area contributed by atoms with Gasteiger partial charge in [-0.2, -0.15) is 5.10 Å². The zero-order chi connectivity index (χ0) is 22.1. The van der Waals surface area contributed by atoms with Gasteiger partial charge >= 0.3 is 6.03 Å². The van der Waals surface area contributed by atoms with Gasteiger partial charge in [-0.25, -0.2) is 14.2 Å². The highest BCUT2D eigenvalue weighted by atomic mass is 35.5. The number of nitrogens with one attached hydrogen (secondary N) is 2. The summed E-state index contributed by atoms with van der Waals surface area (Å²) in [4.78, 5) is 24.4. The molecule has 2 aromatic carbocycles. The second kappa shape index (κ2) is 8.62. The van der Waals surface area contributed by atoms with Crippen molar-refractivity contribution in [3.63, 3.8) is 0 Å². The first-order valence-corrected chi connectivity index (χ1v) is 10.5. The number of carbonyl (C=O) groups excluding carboxylic acids is 2. The maximum absolute atomic E-state index is 13.6. The van der Waals surface area contributed by atoms with E-state index in [-0.39, 0.29) is 18.3 Å². The third-order valence-corrected chi connectivity index (χ3v) is 6.01. The Kier molecular flexibility index (Phi) is 5.90. The van der Waals surface area contributed by atoms with Gasteiger partial charge in [0, 0.05) is 10.5 Å². The lowest BCUT2D eigenvalue weighted by molar-refractivity contribution is -0.116. The van der Waals surface area contributed by atoms with Crippen molar-refractivity contribution in [3.8, 4) is 0 Å². The number of hydrazone groups is 1. The van der Waals surface area contributed by atoms with Crippen LogP contribution in [0.25, 0.3) is 5.57 Å². The van der Waals surface area contributed by atoms with Crippen molar-refractivity contribution in [1.82, 2.24) is 10.3 Å². The van der Waals surface area contributed by atoms with Gasteiger partial charge in [0.15, 0.2) is 0 Å². The van der Waals surface area contributed by atoms with Gasteiger partial charge in [-0.3, -0.25) is 4.79 Å². The number of hydrogen-bond acceptors (Lipinski definition) is 5. The number of rotatable bonds is 3. The fourth-order valence-corrected chi connectivity index (χ4v) is 4.54. The van der Waals surface area contributed by atoms with Crippen LogP contribution >= 0.6 is 35.0 Å². The van der Waals surface area contributed by atoms with Crippen molar-refractivity contribution in [2.24, 2.45) is 10.8 Å². The molecule has 0 aromatic heterocycles. The van der Waals surface area contributed by atoms with Crippen molar-refractivity contribution in [3.05, 3.63) is 75.7 Å². The molecule has 0 unspecified atom stereocenters. The molecular weight excluding hydrogens is 464 g/mol. The summed E-state index contributed by atoms with van der Waals surface area (Å²) in [7, 11) is 0. The quantitative estimate of drug-likeness (QED) is 0.609. The molecule has 0 atom stereocenters. The largest absolute Gasteiger partial charge is 0.351 e. The fourth-order valence-electron chi connectivity index (χ4n) is 3.09. The Morgan fingerprint density at radius 3 is 2.68 bits per heavy atom. The Balaban J connectivity index is 1.69. The summed E-state index contributed by atoms with van der Waals surface area (Å²) in [5.41, 5.74) is 6.67. The molecule has 3 amide bonds. The minimum Gasteiger partial charge on any atom is -0.351 e. The van der Waals surface area contributed by atoms with Crippen LogP contribution in [0.15, 0.2) is 64.2 Å². The fraction of sp³-hybridized carbons (Fsp3) is 0.0500. The van der Waals surface area contributed by atoms with E-state index in [1.165, 1.54) is 30.0 Å². The van der Waals surface area contributed by atoms with E-state index in [1.54, 1.807) is 35.4 Å². The zero-order valence-corrected chi connectivity index (χ0v) is 18.0. The van der Waals surface area contributed by atoms with E-state index in [9.17, 15) is 14.0 Å². The molecule has 2 aliphatic rings. The van der Waals surface area contributed by atoms with Gasteiger partial charge in [-0.15, -0.1) is 0 Å². The topological polar surface area (TPSA) is 99.8 Å². The standard InChI is InChI=1S/C20H14Cl2FN5O2S/c21-11-2-1-3-12(22)17(11)18-14-5-7-16(27-28(14)9-25-19(18)29)31-15-6-4-10(23)8-13(15)26-20(24)30/h1-8H,9H2,(H,25,29)(H3,24,26,30). The lowest BCUT2D eigenvalue weighted by atomic mass is 10.0. The number of hydrogen-bond donors (Lipinski definition) is 3. The van der Waals surface area contributed by atoms with Crippen molar-refractivity contribution < 1.29 is 14.0 Å². The first-order valence-electron chi connectivity index (χ1n) is 8.88.